The summed E-state index contributed by atoms with van der Waals surface area (Å²) in [6, 6.07) is 11.8. The van der Waals surface area contributed by atoms with Crippen LogP contribution in [0.15, 0.2) is 41.2 Å². The third kappa shape index (κ3) is 6.15. The van der Waals surface area contributed by atoms with Crippen LogP contribution in [-0.2, 0) is 31.1 Å². The molecule has 0 bridgehead atoms. The van der Waals surface area contributed by atoms with Gasteiger partial charge in [-0.1, -0.05) is 30.3 Å². The van der Waals surface area contributed by atoms with E-state index in [-0.39, 0.29) is 12.0 Å². The lowest BCUT2D eigenvalue weighted by atomic mass is 9.83. The SMILES string of the molecule is C#C.CC(C)(C)O.Cc1c(-c2c(CC(=O)O)n(C)c(=O)c3ccccc23)ccc2c1CCCC2. The van der Waals surface area contributed by atoms with Crippen molar-refractivity contribution in [1.29, 1.82) is 0 Å². The van der Waals surface area contributed by atoms with E-state index in [1.165, 1.54) is 34.1 Å². The van der Waals surface area contributed by atoms with Crippen LogP contribution in [0.4, 0.5) is 0 Å². The number of fused-ring (bicyclic) bond motifs is 2. The number of rotatable bonds is 3. The average molecular weight is 462 g/mol. The number of pyridine rings is 1. The van der Waals surface area contributed by atoms with Crippen LogP contribution in [0, 0.1) is 19.8 Å². The molecule has 0 amide bonds. The minimum Gasteiger partial charge on any atom is -0.481 e. The highest BCUT2D eigenvalue weighted by Crippen LogP contribution is 2.37. The van der Waals surface area contributed by atoms with Gasteiger partial charge in [-0.15, -0.1) is 12.8 Å². The first-order chi connectivity index (χ1) is 16.0. The zero-order chi connectivity index (χ0) is 25.6. The molecule has 0 atom stereocenters. The average Bonchev–Trinajstić information content (AvgIpc) is 2.79. The van der Waals surface area contributed by atoms with Crippen molar-refractivity contribution < 1.29 is 15.0 Å². The van der Waals surface area contributed by atoms with Crippen molar-refractivity contribution in [1.82, 2.24) is 4.57 Å². The Hall–Kier alpha value is -3.36. The summed E-state index contributed by atoms with van der Waals surface area (Å²) in [5, 5.41) is 19.4. The Morgan fingerprint density at radius 2 is 1.59 bits per heavy atom. The van der Waals surface area contributed by atoms with E-state index < -0.39 is 11.6 Å². The fraction of sp³-hybridized carbons (Fsp3) is 0.379. The number of hydrogen-bond donors (Lipinski definition) is 2. The van der Waals surface area contributed by atoms with Crippen LogP contribution >= 0.6 is 0 Å². The topological polar surface area (TPSA) is 79.5 Å². The number of nitrogens with zero attached hydrogens (tertiary/aromatic N) is 1. The number of hydrogen-bond acceptors (Lipinski definition) is 3. The maximum atomic E-state index is 12.8. The molecular weight excluding hydrogens is 426 g/mol. The maximum absolute atomic E-state index is 12.8. The number of aryl methyl sites for hydroxylation is 1. The molecule has 0 unspecified atom stereocenters. The molecule has 0 saturated carbocycles. The van der Waals surface area contributed by atoms with Gasteiger partial charge in [0.2, 0.25) is 0 Å². The predicted molar refractivity (Wildman–Crippen MR) is 139 cm³/mol. The highest BCUT2D eigenvalue weighted by atomic mass is 16.4. The Labute approximate surface area is 202 Å². The van der Waals surface area contributed by atoms with Crippen LogP contribution in [0.25, 0.3) is 21.9 Å². The first-order valence-corrected chi connectivity index (χ1v) is 11.5. The van der Waals surface area contributed by atoms with Crippen molar-refractivity contribution in [2.75, 3.05) is 0 Å². The summed E-state index contributed by atoms with van der Waals surface area (Å²) in [6.45, 7) is 7.36. The van der Waals surface area contributed by atoms with Crippen molar-refractivity contribution >= 4 is 16.7 Å². The van der Waals surface area contributed by atoms with Gasteiger partial charge in [-0.2, -0.15) is 0 Å². The van der Waals surface area contributed by atoms with E-state index in [2.05, 4.69) is 31.9 Å². The normalized spacial score (nSPS) is 12.6. The smallest absolute Gasteiger partial charge is 0.309 e. The minimum atomic E-state index is -0.933. The lowest BCUT2D eigenvalue weighted by Crippen LogP contribution is -2.24. The van der Waals surface area contributed by atoms with Crippen LogP contribution in [0.2, 0.25) is 0 Å². The van der Waals surface area contributed by atoms with Crippen molar-refractivity contribution in [3.05, 3.63) is 69.1 Å². The van der Waals surface area contributed by atoms with Gasteiger partial charge in [-0.25, -0.2) is 0 Å². The number of benzene rings is 2. The van der Waals surface area contributed by atoms with Gasteiger partial charge in [-0.05, 0) is 87.1 Å². The number of terminal acetylenes is 1. The molecular formula is C29H35NO4. The molecule has 4 rings (SSSR count). The van der Waals surface area contributed by atoms with Gasteiger partial charge in [0.05, 0.1) is 12.0 Å². The molecule has 34 heavy (non-hydrogen) atoms. The Balaban J connectivity index is 0.000000520. The summed E-state index contributed by atoms with van der Waals surface area (Å²) in [4.78, 5) is 24.4. The highest BCUT2D eigenvalue weighted by Gasteiger charge is 2.22. The van der Waals surface area contributed by atoms with Gasteiger partial charge in [0.1, 0.15) is 0 Å². The lowest BCUT2D eigenvalue weighted by molar-refractivity contribution is -0.136. The monoisotopic (exact) mass is 461 g/mol. The van der Waals surface area contributed by atoms with Gasteiger partial charge >= 0.3 is 5.97 Å². The fourth-order valence-corrected chi connectivity index (χ4v) is 4.45. The fourth-order valence-electron chi connectivity index (χ4n) is 4.45. The molecule has 1 aliphatic carbocycles. The molecule has 0 saturated heterocycles. The largest absolute Gasteiger partial charge is 0.481 e. The number of carboxylic acids is 1. The second-order valence-electron chi connectivity index (χ2n) is 9.56. The second kappa shape index (κ2) is 11.2. The lowest BCUT2D eigenvalue weighted by Gasteiger charge is -2.23. The molecule has 5 heteroatoms. The van der Waals surface area contributed by atoms with Gasteiger partial charge in [0, 0.05) is 23.7 Å². The zero-order valence-electron chi connectivity index (χ0n) is 20.8. The molecule has 0 fully saturated rings. The van der Waals surface area contributed by atoms with Crippen LogP contribution in [0.3, 0.4) is 0 Å². The van der Waals surface area contributed by atoms with Crippen molar-refractivity contribution in [2.24, 2.45) is 7.05 Å². The molecule has 1 heterocycles. The van der Waals surface area contributed by atoms with Crippen molar-refractivity contribution in [3.8, 4) is 24.0 Å². The Morgan fingerprint density at radius 3 is 2.18 bits per heavy atom. The van der Waals surface area contributed by atoms with Gasteiger partial charge in [0.15, 0.2) is 0 Å². The zero-order valence-corrected chi connectivity index (χ0v) is 20.8. The summed E-state index contributed by atoms with van der Waals surface area (Å²) >= 11 is 0. The molecule has 1 aliphatic rings. The number of aromatic nitrogens is 1. The van der Waals surface area contributed by atoms with E-state index in [9.17, 15) is 14.7 Å². The molecule has 5 nitrogen and oxygen atoms in total. The van der Waals surface area contributed by atoms with Crippen LogP contribution in [0.1, 0.15) is 56.0 Å². The minimum absolute atomic E-state index is 0.152. The predicted octanol–water partition coefficient (Wildman–Crippen LogP) is 5.05. The number of aliphatic hydroxyl groups is 1. The second-order valence-corrected chi connectivity index (χ2v) is 9.56. The molecule has 1 aromatic heterocycles. The quantitative estimate of drug-likeness (QED) is 0.535. The third-order valence-corrected chi connectivity index (χ3v) is 5.83. The van der Waals surface area contributed by atoms with E-state index in [1.807, 2.05) is 24.3 Å². The van der Waals surface area contributed by atoms with Crippen LogP contribution < -0.4 is 5.56 Å². The first kappa shape index (κ1) is 26.9. The Morgan fingerprint density at radius 1 is 1.03 bits per heavy atom. The van der Waals surface area contributed by atoms with Gasteiger partial charge in [-0.3, -0.25) is 9.59 Å². The molecule has 2 aromatic carbocycles. The van der Waals surface area contributed by atoms with E-state index in [4.69, 9.17) is 5.11 Å². The highest BCUT2D eigenvalue weighted by molar-refractivity contribution is 5.99. The number of carboxylic acid groups (broad SMARTS) is 1. The number of carbonyl (C=O) groups is 1. The summed E-state index contributed by atoms with van der Waals surface area (Å²) in [7, 11) is 1.67. The van der Waals surface area contributed by atoms with Crippen LogP contribution in [0.5, 0.6) is 0 Å². The molecule has 180 valence electrons. The number of aliphatic carboxylic acids is 1. The first-order valence-electron chi connectivity index (χ1n) is 11.5. The molecule has 0 radical (unpaired) electrons. The maximum Gasteiger partial charge on any atom is 0.309 e. The Bertz CT molecular complexity index is 1250. The van der Waals surface area contributed by atoms with E-state index in [0.29, 0.717) is 11.1 Å². The summed E-state index contributed by atoms with van der Waals surface area (Å²) in [5.41, 5.74) is 5.82. The Kier molecular flexibility index (Phi) is 8.84. The molecule has 3 aromatic rings. The summed E-state index contributed by atoms with van der Waals surface area (Å²) in [5.74, 6) is -0.933. The molecule has 0 aliphatic heterocycles. The van der Waals surface area contributed by atoms with E-state index in [1.54, 1.807) is 27.8 Å². The van der Waals surface area contributed by atoms with Crippen molar-refractivity contribution in [3.63, 3.8) is 0 Å². The summed E-state index contributed by atoms with van der Waals surface area (Å²) < 4.78 is 1.50. The molecule has 2 N–H and O–H groups in total. The third-order valence-electron chi connectivity index (χ3n) is 5.83. The van der Waals surface area contributed by atoms with Crippen molar-refractivity contribution in [2.45, 2.75) is 65.4 Å². The van der Waals surface area contributed by atoms with Crippen LogP contribution in [-0.4, -0.2) is 26.4 Å². The molecule has 0 spiro atoms. The van der Waals surface area contributed by atoms with Gasteiger partial charge in [0.25, 0.3) is 5.56 Å². The van der Waals surface area contributed by atoms with E-state index >= 15 is 0 Å². The van der Waals surface area contributed by atoms with E-state index in [0.717, 1.165) is 29.4 Å². The van der Waals surface area contributed by atoms with Gasteiger partial charge < -0.3 is 14.8 Å². The standard InChI is InChI=1S/C23H23NO3.C4H10O.C2H2/c1-14-16-8-4-3-7-15(16)11-12-17(14)22-18-9-5-6-10-19(18)23(27)24(2)20(22)13-21(25)26;1-4(2,3)5;1-2/h5-6,9-12H,3-4,7-8,13H2,1-2H3,(H,25,26);5H,1-3H3;1-2H. The summed E-state index contributed by atoms with van der Waals surface area (Å²) in [6.07, 6.45) is 12.4.